The van der Waals surface area contributed by atoms with Crippen LogP contribution in [0.25, 0.3) is 0 Å². The van der Waals surface area contributed by atoms with Gasteiger partial charge in [-0.05, 0) is 31.7 Å². The Hall–Kier alpha value is -3.35. The van der Waals surface area contributed by atoms with Crippen LogP contribution in [0.1, 0.15) is 51.9 Å². The molecule has 3 aromatic rings. The summed E-state index contributed by atoms with van der Waals surface area (Å²) in [5.41, 5.74) is 4.03. The van der Waals surface area contributed by atoms with E-state index in [1.807, 2.05) is 49.0 Å². The lowest BCUT2D eigenvalue weighted by Crippen LogP contribution is -2.34. The number of hydrogen-bond acceptors (Lipinski definition) is 4. The number of aromatic nitrogens is 3. The fourth-order valence-corrected chi connectivity index (χ4v) is 4.20. The third kappa shape index (κ3) is 3.75. The largest absolute Gasteiger partial charge is 0.483 e. The first-order chi connectivity index (χ1) is 14.5. The molecule has 1 amide bonds. The SMILES string of the molecule is Cc1nn(C)c2c1C(NC(=O)c1c(OCc3ccccc3)c(=O)ccn1C)CCC2. The summed E-state index contributed by atoms with van der Waals surface area (Å²) < 4.78 is 9.37. The van der Waals surface area contributed by atoms with Crippen LogP contribution in [0.15, 0.2) is 47.4 Å². The van der Waals surface area contributed by atoms with Gasteiger partial charge in [-0.1, -0.05) is 30.3 Å². The predicted molar refractivity (Wildman–Crippen MR) is 114 cm³/mol. The van der Waals surface area contributed by atoms with Gasteiger partial charge >= 0.3 is 0 Å². The molecule has 1 N–H and O–H groups in total. The Bertz CT molecular complexity index is 1130. The van der Waals surface area contributed by atoms with E-state index in [4.69, 9.17) is 4.74 Å². The number of nitrogens with zero attached hydrogens (tertiary/aromatic N) is 3. The van der Waals surface area contributed by atoms with Gasteiger partial charge in [0.05, 0.1) is 11.7 Å². The number of fused-ring (bicyclic) bond motifs is 1. The van der Waals surface area contributed by atoms with Gasteiger partial charge in [0.15, 0.2) is 11.4 Å². The normalized spacial score (nSPS) is 15.5. The van der Waals surface area contributed by atoms with Crippen molar-refractivity contribution >= 4 is 5.91 Å². The molecule has 1 unspecified atom stereocenters. The molecule has 2 heterocycles. The highest BCUT2D eigenvalue weighted by atomic mass is 16.5. The number of rotatable bonds is 5. The van der Waals surface area contributed by atoms with Crippen molar-refractivity contribution in [3.63, 3.8) is 0 Å². The first kappa shape index (κ1) is 19.9. The molecular weight excluding hydrogens is 380 g/mol. The number of ether oxygens (including phenoxy) is 1. The molecule has 156 valence electrons. The van der Waals surface area contributed by atoms with Gasteiger partial charge in [-0.25, -0.2) is 0 Å². The first-order valence-electron chi connectivity index (χ1n) is 10.1. The van der Waals surface area contributed by atoms with Crippen LogP contribution in [0.3, 0.4) is 0 Å². The third-order valence-electron chi connectivity index (χ3n) is 5.63. The van der Waals surface area contributed by atoms with Crippen molar-refractivity contribution in [2.75, 3.05) is 0 Å². The zero-order chi connectivity index (χ0) is 21.3. The molecule has 0 spiro atoms. The molecule has 2 aromatic heterocycles. The second-order valence-electron chi connectivity index (χ2n) is 7.73. The highest BCUT2D eigenvalue weighted by Crippen LogP contribution is 2.32. The van der Waals surface area contributed by atoms with E-state index >= 15 is 0 Å². The maximum Gasteiger partial charge on any atom is 0.272 e. The van der Waals surface area contributed by atoms with Crippen molar-refractivity contribution < 1.29 is 9.53 Å². The number of hydrogen-bond donors (Lipinski definition) is 1. The van der Waals surface area contributed by atoms with E-state index in [0.29, 0.717) is 0 Å². The minimum absolute atomic E-state index is 0.0697. The number of pyridine rings is 1. The Morgan fingerprint density at radius 2 is 2.00 bits per heavy atom. The Balaban J connectivity index is 1.62. The highest BCUT2D eigenvalue weighted by molar-refractivity contribution is 5.95. The molecule has 0 aliphatic heterocycles. The average molecular weight is 406 g/mol. The van der Waals surface area contributed by atoms with E-state index in [1.54, 1.807) is 17.8 Å². The molecule has 1 atom stereocenters. The van der Waals surface area contributed by atoms with Gasteiger partial charge < -0.3 is 14.6 Å². The van der Waals surface area contributed by atoms with Crippen molar-refractivity contribution in [3.05, 3.63) is 81.0 Å². The molecule has 0 saturated heterocycles. The quantitative estimate of drug-likeness (QED) is 0.707. The summed E-state index contributed by atoms with van der Waals surface area (Å²) in [5, 5.41) is 7.64. The smallest absolute Gasteiger partial charge is 0.272 e. The van der Waals surface area contributed by atoms with Crippen LogP contribution in [-0.2, 0) is 27.1 Å². The fraction of sp³-hybridized carbons (Fsp3) is 0.348. The van der Waals surface area contributed by atoms with Crippen molar-refractivity contribution in [2.45, 2.75) is 38.8 Å². The molecule has 0 fully saturated rings. The van der Waals surface area contributed by atoms with Gasteiger partial charge in [-0.2, -0.15) is 5.10 Å². The molecule has 1 aromatic carbocycles. The van der Waals surface area contributed by atoms with Crippen LogP contribution in [0.4, 0.5) is 0 Å². The van der Waals surface area contributed by atoms with E-state index in [9.17, 15) is 9.59 Å². The van der Waals surface area contributed by atoms with Gasteiger partial charge in [-0.3, -0.25) is 14.3 Å². The van der Waals surface area contributed by atoms with Crippen LogP contribution < -0.4 is 15.5 Å². The molecule has 7 heteroatoms. The Labute approximate surface area is 175 Å². The zero-order valence-electron chi connectivity index (χ0n) is 17.5. The summed E-state index contributed by atoms with van der Waals surface area (Å²) in [4.78, 5) is 25.8. The van der Waals surface area contributed by atoms with Gasteiger partial charge in [0.1, 0.15) is 6.61 Å². The minimum atomic E-state index is -0.320. The van der Waals surface area contributed by atoms with Crippen molar-refractivity contribution in [1.29, 1.82) is 0 Å². The van der Waals surface area contributed by atoms with E-state index in [2.05, 4.69) is 10.4 Å². The summed E-state index contributed by atoms with van der Waals surface area (Å²) in [6, 6.07) is 10.9. The summed E-state index contributed by atoms with van der Waals surface area (Å²) in [5.74, 6) is -0.250. The van der Waals surface area contributed by atoms with Crippen molar-refractivity contribution in [2.24, 2.45) is 14.1 Å². The number of aryl methyl sites for hydroxylation is 3. The Kier molecular flexibility index (Phi) is 5.44. The maximum atomic E-state index is 13.3. The monoisotopic (exact) mass is 406 g/mol. The summed E-state index contributed by atoms with van der Waals surface area (Å²) >= 11 is 0. The molecule has 30 heavy (non-hydrogen) atoms. The summed E-state index contributed by atoms with van der Waals surface area (Å²) in [7, 11) is 3.68. The second-order valence-corrected chi connectivity index (χ2v) is 7.73. The van der Waals surface area contributed by atoms with E-state index < -0.39 is 0 Å². The predicted octanol–water partition coefficient (Wildman–Crippen LogP) is 2.81. The molecule has 0 radical (unpaired) electrons. The molecule has 0 bridgehead atoms. The van der Waals surface area contributed by atoms with Crippen LogP contribution in [0, 0.1) is 6.92 Å². The van der Waals surface area contributed by atoms with Crippen molar-refractivity contribution in [1.82, 2.24) is 19.7 Å². The molecule has 4 rings (SSSR count). The Morgan fingerprint density at radius 1 is 1.23 bits per heavy atom. The first-order valence-corrected chi connectivity index (χ1v) is 10.1. The minimum Gasteiger partial charge on any atom is -0.483 e. The number of carbonyl (C=O) groups excluding carboxylic acids is 1. The van der Waals surface area contributed by atoms with Crippen LogP contribution in [0.2, 0.25) is 0 Å². The van der Waals surface area contributed by atoms with Crippen LogP contribution in [0.5, 0.6) is 5.75 Å². The second kappa shape index (κ2) is 8.18. The zero-order valence-corrected chi connectivity index (χ0v) is 17.5. The number of nitrogens with one attached hydrogen (secondary N) is 1. The summed E-state index contributed by atoms with van der Waals surface area (Å²) in [6.45, 7) is 2.19. The average Bonchev–Trinajstić information content (AvgIpc) is 3.03. The molecular formula is C23H26N4O3. The lowest BCUT2D eigenvalue weighted by molar-refractivity contribution is 0.0917. The molecule has 1 aliphatic carbocycles. The lowest BCUT2D eigenvalue weighted by atomic mass is 9.91. The van der Waals surface area contributed by atoms with Gasteiger partial charge in [0.25, 0.3) is 5.91 Å². The molecule has 7 nitrogen and oxygen atoms in total. The standard InChI is InChI=1S/C23H26N4O3/c1-15-20-17(10-7-11-18(20)27(3)25-15)24-23(29)21-22(19(28)12-13-26(21)2)30-14-16-8-5-4-6-9-16/h4-6,8-9,12-13,17H,7,10-11,14H2,1-3H3,(H,24,29). The number of amides is 1. The Morgan fingerprint density at radius 3 is 2.77 bits per heavy atom. The fourth-order valence-electron chi connectivity index (χ4n) is 4.20. The van der Waals surface area contributed by atoms with Gasteiger partial charge in [0.2, 0.25) is 5.43 Å². The highest BCUT2D eigenvalue weighted by Gasteiger charge is 2.29. The topological polar surface area (TPSA) is 78.2 Å². The van der Waals surface area contributed by atoms with E-state index in [1.165, 1.54) is 6.07 Å². The number of carbonyl (C=O) groups is 1. The lowest BCUT2D eigenvalue weighted by Gasteiger charge is -2.25. The molecule has 1 aliphatic rings. The maximum absolute atomic E-state index is 13.3. The summed E-state index contributed by atoms with van der Waals surface area (Å²) in [6.07, 6.45) is 4.36. The van der Waals surface area contributed by atoms with E-state index in [-0.39, 0.29) is 35.4 Å². The molecule has 0 saturated carbocycles. The van der Waals surface area contributed by atoms with E-state index in [0.717, 1.165) is 41.8 Å². The number of benzene rings is 1. The van der Waals surface area contributed by atoms with Crippen LogP contribution >= 0.6 is 0 Å². The van der Waals surface area contributed by atoms with Gasteiger partial charge in [-0.15, -0.1) is 0 Å². The third-order valence-corrected chi connectivity index (χ3v) is 5.63. The van der Waals surface area contributed by atoms with Crippen molar-refractivity contribution in [3.8, 4) is 5.75 Å². The van der Waals surface area contributed by atoms with Gasteiger partial charge in [0, 0.05) is 37.6 Å². The van der Waals surface area contributed by atoms with Crippen LogP contribution in [-0.4, -0.2) is 20.3 Å².